The number of anilines is 1. The second kappa shape index (κ2) is 7.88. The third-order valence-electron chi connectivity index (χ3n) is 5.61. The van der Waals surface area contributed by atoms with Crippen LogP contribution in [-0.2, 0) is 4.79 Å². The molecule has 9 heteroatoms. The van der Waals surface area contributed by atoms with Crippen molar-refractivity contribution < 1.29 is 14.3 Å². The maximum absolute atomic E-state index is 12.6. The van der Waals surface area contributed by atoms with Crippen molar-refractivity contribution in [3.8, 4) is 17.2 Å². The van der Waals surface area contributed by atoms with Gasteiger partial charge in [-0.15, -0.1) is 5.10 Å². The fourth-order valence-electron chi connectivity index (χ4n) is 4.17. The summed E-state index contributed by atoms with van der Waals surface area (Å²) in [5.41, 5.74) is 3.75. The highest BCUT2D eigenvalue weighted by atomic mass is 32.2. The van der Waals surface area contributed by atoms with E-state index in [0.29, 0.717) is 16.6 Å². The van der Waals surface area contributed by atoms with Gasteiger partial charge in [0.1, 0.15) is 0 Å². The number of para-hydroxylation sites is 1. The van der Waals surface area contributed by atoms with Crippen LogP contribution < -0.4 is 14.8 Å². The summed E-state index contributed by atoms with van der Waals surface area (Å²) in [6, 6.07) is 11.5. The zero-order valence-electron chi connectivity index (χ0n) is 17.4. The Morgan fingerprint density at radius 1 is 1.13 bits per heavy atom. The fraction of sp³-hybridized carbons (Fsp3) is 0.364. The molecule has 1 aromatic heterocycles. The van der Waals surface area contributed by atoms with E-state index >= 15 is 0 Å². The van der Waals surface area contributed by atoms with Crippen LogP contribution in [0.4, 0.5) is 5.69 Å². The number of ether oxygens (including phenoxy) is 2. The molecule has 2 aliphatic rings. The van der Waals surface area contributed by atoms with Gasteiger partial charge in [0.15, 0.2) is 11.5 Å². The summed E-state index contributed by atoms with van der Waals surface area (Å²) < 4.78 is 13.8. The molecule has 1 fully saturated rings. The lowest BCUT2D eigenvalue weighted by Gasteiger charge is -2.21. The molecule has 31 heavy (non-hydrogen) atoms. The number of aromatic nitrogens is 4. The Labute approximate surface area is 184 Å². The number of hydrogen-bond donors (Lipinski definition) is 1. The molecule has 2 heterocycles. The number of aryl methyl sites for hydroxylation is 2. The van der Waals surface area contributed by atoms with E-state index in [1.54, 1.807) is 4.68 Å². The smallest absolute Gasteiger partial charge is 0.251 e. The summed E-state index contributed by atoms with van der Waals surface area (Å²) in [6.45, 7) is 4.03. The van der Waals surface area contributed by atoms with Crippen molar-refractivity contribution in [3.63, 3.8) is 0 Å². The van der Waals surface area contributed by atoms with Crippen LogP contribution in [0.2, 0.25) is 0 Å². The monoisotopic (exact) mass is 437 g/mol. The molecule has 1 aliphatic carbocycles. The third kappa shape index (κ3) is 3.85. The standard InChI is InChI=1S/C22H23N5O3S/c1-14-6-5-7-15(2)20(14)27-21(24-25-26-27)31-13-19(28)23-16-8-9-17-18(12-16)30-22(29-17)10-3-4-11-22/h5-9,12H,3-4,10-11,13H2,1-2H3,(H,23,28). The summed E-state index contributed by atoms with van der Waals surface area (Å²) in [7, 11) is 0. The number of carbonyl (C=O) groups is 1. The zero-order valence-corrected chi connectivity index (χ0v) is 18.2. The van der Waals surface area contributed by atoms with Gasteiger partial charge in [0.2, 0.25) is 11.1 Å². The van der Waals surface area contributed by atoms with Gasteiger partial charge < -0.3 is 14.8 Å². The van der Waals surface area contributed by atoms with Crippen molar-refractivity contribution in [1.82, 2.24) is 20.2 Å². The highest BCUT2D eigenvalue weighted by molar-refractivity contribution is 7.99. The van der Waals surface area contributed by atoms with E-state index in [9.17, 15) is 4.79 Å². The van der Waals surface area contributed by atoms with Gasteiger partial charge in [-0.2, -0.15) is 4.68 Å². The van der Waals surface area contributed by atoms with Crippen LogP contribution in [0, 0.1) is 13.8 Å². The molecule has 0 atom stereocenters. The molecule has 0 unspecified atom stereocenters. The SMILES string of the molecule is Cc1cccc(C)c1-n1nnnc1SCC(=O)Nc1ccc2c(c1)OC1(CCCC1)O2. The largest absolute Gasteiger partial charge is 0.448 e. The van der Waals surface area contributed by atoms with Crippen LogP contribution in [0.3, 0.4) is 0 Å². The van der Waals surface area contributed by atoms with E-state index in [2.05, 4.69) is 20.8 Å². The first-order chi connectivity index (χ1) is 15.0. The highest BCUT2D eigenvalue weighted by Gasteiger charge is 2.44. The average Bonchev–Trinajstić information content (AvgIpc) is 3.46. The number of amides is 1. The van der Waals surface area contributed by atoms with Crippen LogP contribution in [0.5, 0.6) is 11.5 Å². The predicted molar refractivity (Wildman–Crippen MR) is 117 cm³/mol. The Kier molecular flexibility index (Phi) is 5.05. The van der Waals surface area contributed by atoms with Crippen LogP contribution in [0.15, 0.2) is 41.6 Å². The van der Waals surface area contributed by atoms with Crippen molar-refractivity contribution >= 4 is 23.4 Å². The molecule has 1 N–H and O–H groups in total. The van der Waals surface area contributed by atoms with Crippen LogP contribution >= 0.6 is 11.8 Å². The second-order valence-electron chi connectivity index (χ2n) is 7.93. The van der Waals surface area contributed by atoms with Gasteiger partial charge in [0, 0.05) is 24.6 Å². The number of benzene rings is 2. The van der Waals surface area contributed by atoms with E-state index in [1.165, 1.54) is 11.8 Å². The Bertz CT molecular complexity index is 1120. The lowest BCUT2D eigenvalue weighted by molar-refractivity contribution is -0.113. The summed E-state index contributed by atoms with van der Waals surface area (Å²) >= 11 is 1.29. The van der Waals surface area contributed by atoms with E-state index in [0.717, 1.165) is 48.2 Å². The molecule has 0 saturated heterocycles. The Morgan fingerprint density at radius 3 is 2.65 bits per heavy atom. The molecule has 8 nitrogen and oxygen atoms in total. The molecule has 3 aromatic rings. The molecule has 1 spiro atoms. The summed E-state index contributed by atoms with van der Waals surface area (Å²) in [4.78, 5) is 12.6. The van der Waals surface area contributed by atoms with Gasteiger partial charge in [-0.1, -0.05) is 30.0 Å². The number of nitrogens with one attached hydrogen (secondary N) is 1. The third-order valence-corrected chi connectivity index (χ3v) is 6.53. The van der Waals surface area contributed by atoms with Gasteiger partial charge >= 0.3 is 0 Å². The van der Waals surface area contributed by atoms with Crippen molar-refractivity contribution in [2.75, 3.05) is 11.1 Å². The van der Waals surface area contributed by atoms with E-state index < -0.39 is 5.79 Å². The Morgan fingerprint density at radius 2 is 1.87 bits per heavy atom. The molecule has 5 rings (SSSR count). The molecule has 0 bridgehead atoms. The van der Waals surface area contributed by atoms with Crippen LogP contribution in [0.1, 0.15) is 36.8 Å². The molecule has 1 amide bonds. The van der Waals surface area contributed by atoms with Crippen LogP contribution in [0.25, 0.3) is 5.69 Å². The normalized spacial score (nSPS) is 16.1. The molecule has 160 valence electrons. The number of thioether (sulfide) groups is 1. The van der Waals surface area contributed by atoms with Crippen molar-refractivity contribution in [3.05, 3.63) is 47.5 Å². The first-order valence-electron chi connectivity index (χ1n) is 10.3. The van der Waals surface area contributed by atoms with Crippen LogP contribution in [-0.4, -0.2) is 37.7 Å². The number of rotatable bonds is 5. The van der Waals surface area contributed by atoms with Gasteiger partial charge in [-0.3, -0.25) is 4.79 Å². The lowest BCUT2D eigenvalue weighted by Crippen LogP contribution is -2.34. The minimum absolute atomic E-state index is 0.143. The van der Waals surface area contributed by atoms with Gasteiger partial charge in [-0.25, -0.2) is 0 Å². The predicted octanol–water partition coefficient (Wildman–Crippen LogP) is 4.05. The number of nitrogens with zero attached hydrogens (tertiary/aromatic N) is 4. The quantitative estimate of drug-likeness (QED) is 0.602. The number of carbonyl (C=O) groups excluding carboxylic acids is 1. The number of hydrogen-bond acceptors (Lipinski definition) is 7. The molecule has 1 saturated carbocycles. The molecule has 0 radical (unpaired) electrons. The molecule has 2 aromatic carbocycles. The van der Waals surface area contributed by atoms with Gasteiger partial charge in [0.25, 0.3) is 5.79 Å². The minimum atomic E-state index is -0.508. The lowest BCUT2D eigenvalue weighted by atomic mass is 10.1. The summed E-state index contributed by atoms with van der Waals surface area (Å²) in [6.07, 6.45) is 4.01. The van der Waals surface area contributed by atoms with Crippen molar-refractivity contribution in [2.45, 2.75) is 50.5 Å². The van der Waals surface area contributed by atoms with Gasteiger partial charge in [0.05, 0.1) is 11.4 Å². The maximum atomic E-state index is 12.6. The summed E-state index contributed by atoms with van der Waals surface area (Å²) in [5.74, 6) is 0.957. The first-order valence-corrected chi connectivity index (χ1v) is 11.3. The van der Waals surface area contributed by atoms with E-state index in [4.69, 9.17) is 9.47 Å². The van der Waals surface area contributed by atoms with Gasteiger partial charge in [-0.05, 0) is 60.4 Å². The number of tetrazole rings is 1. The summed E-state index contributed by atoms with van der Waals surface area (Å²) in [5, 5.41) is 15.5. The van der Waals surface area contributed by atoms with E-state index in [-0.39, 0.29) is 11.7 Å². The minimum Gasteiger partial charge on any atom is -0.448 e. The highest BCUT2D eigenvalue weighted by Crippen LogP contribution is 2.47. The topological polar surface area (TPSA) is 91.2 Å². The molecular weight excluding hydrogens is 414 g/mol. The zero-order chi connectivity index (χ0) is 21.4. The first kappa shape index (κ1) is 19.9. The second-order valence-corrected chi connectivity index (χ2v) is 8.88. The number of fused-ring (bicyclic) bond motifs is 1. The van der Waals surface area contributed by atoms with Crippen molar-refractivity contribution in [1.29, 1.82) is 0 Å². The maximum Gasteiger partial charge on any atom is 0.251 e. The molecule has 1 aliphatic heterocycles. The Hall–Kier alpha value is -3.07. The van der Waals surface area contributed by atoms with Crippen molar-refractivity contribution in [2.24, 2.45) is 0 Å². The fourth-order valence-corrected chi connectivity index (χ4v) is 4.84. The molecular formula is C22H23N5O3S. The Balaban J connectivity index is 1.24. The average molecular weight is 438 g/mol. The van der Waals surface area contributed by atoms with E-state index in [1.807, 2.05) is 50.2 Å².